The Morgan fingerprint density at radius 2 is 1.60 bits per heavy atom. The van der Waals surface area contributed by atoms with Crippen molar-refractivity contribution in [3.8, 4) is 0 Å². The van der Waals surface area contributed by atoms with Gasteiger partial charge in [-0.1, -0.05) is 44.2 Å². The van der Waals surface area contributed by atoms with Crippen molar-refractivity contribution in [3.05, 3.63) is 34.6 Å². The van der Waals surface area contributed by atoms with E-state index >= 15 is 0 Å². The summed E-state index contributed by atoms with van der Waals surface area (Å²) in [5.74, 6) is -0.666. The second kappa shape index (κ2) is 13.8. The molecule has 10 nitrogen and oxygen atoms in total. The van der Waals surface area contributed by atoms with Crippen LogP contribution in [0.4, 0.5) is 5.82 Å². The van der Waals surface area contributed by atoms with E-state index in [1.54, 1.807) is 25.7 Å². The molecule has 2 aliphatic heterocycles. The monoisotopic (exact) mass is 594 g/mol. The summed E-state index contributed by atoms with van der Waals surface area (Å²) < 4.78 is 7.42. The number of esters is 1. The van der Waals surface area contributed by atoms with Crippen molar-refractivity contribution in [2.45, 2.75) is 121 Å². The molecule has 1 aromatic heterocycles. The topological polar surface area (TPSA) is 123 Å². The molecule has 2 saturated heterocycles. The zero-order valence-corrected chi connectivity index (χ0v) is 26.2. The standard InChI is InChI=1S/C33H50N6O4/c1-33(2,3)43-30(41)22-37(21-29(34)40)18-17-35-31-32(42)39(28-14-10-9-13-27(28)36-31)26-19-24-15-16-25(20-26)38(24)23-11-7-5-4-6-8-12-23/h9-10,13-14,23-26H,4-8,11-12,15-22H2,1-3H3,(H2,34,40)(H,35,36)/t24-,25+,26+. The van der Waals surface area contributed by atoms with Crippen molar-refractivity contribution in [1.82, 2.24) is 19.4 Å². The number of fused-ring (bicyclic) bond motifs is 3. The molecule has 3 atom stereocenters. The fourth-order valence-electron chi connectivity index (χ4n) is 7.68. The van der Waals surface area contributed by atoms with E-state index in [2.05, 4.69) is 10.2 Å². The maximum Gasteiger partial charge on any atom is 0.320 e. The molecule has 2 bridgehead atoms. The Morgan fingerprint density at radius 3 is 2.26 bits per heavy atom. The minimum absolute atomic E-state index is 0.0698. The molecule has 3 aliphatic rings. The Balaban J connectivity index is 1.32. The minimum Gasteiger partial charge on any atom is -0.459 e. The number of primary amides is 1. The van der Waals surface area contributed by atoms with Crippen LogP contribution in [-0.2, 0) is 14.3 Å². The van der Waals surface area contributed by atoms with E-state index in [1.807, 2.05) is 28.8 Å². The predicted molar refractivity (Wildman–Crippen MR) is 169 cm³/mol. The molecule has 0 radical (unpaired) electrons. The van der Waals surface area contributed by atoms with Crippen LogP contribution in [0.25, 0.3) is 11.0 Å². The molecular formula is C33H50N6O4. The Bertz CT molecular complexity index is 1310. The third-order valence-corrected chi connectivity index (χ3v) is 9.29. The lowest BCUT2D eigenvalue weighted by Crippen LogP contribution is -2.50. The zero-order valence-electron chi connectivity index (χ0n) is 26.2. The molecule has 3 heterocycles. The first-order chi connectivity index (χ1) is 20.6. The zero-order chi connectivity index (χ0) is 30.6. The highest BCUT2D eigenvalue weighted by Crippen LogP contribution is 2.44. The van der Waals surface area contributed by atoms with Crippen LogP contribution in [0.15, 0.2) is 29.1 Å². The van der Waals surface area contributed by atoms with Gasteiger partial charge in [-0.15, -0.1) is 0 Å². The van der Waals surface area contributed by atoms with Gasteiger partial charge in [-0.2, -0.15) is 0 Å². The fourth-order valence-corrected chi connectivity index (χ4v) is 7.68. The molecule has 0 unspecified atom stereocenters. The summed E-state index contributed by atoms with van der Waals surface area (Å²) in [6.45, 7) is 5.89. The summed E-state index contributed by atoms with van der Waals surface area (Å²) in [6.07, 6.45) is 13.8. The summed E-state index contributed by atoms with van der Waals surface area (Å²) in [4.78, 5) is 47.3. The molecule has 1 aliphatic carbocycles. The first-order valence-corrected chi connectivity index (χ1v) is 16.3. The van der Waals surface area contributed by atoms with Crippen molar-refractivity contribution in [2.75, 3.05) is 31.5 Å². The Labute approximate surface area is 255 Å². The maximum atomic E-state index is 14.0. The summed E-state index contributed by atoms with van der Waals surface area (Å²) in [6, 6.07) is 9.75. The number of hydrogen-bond donors (Lipinski definition) is 2. The van der Waals surface area contributed by atoms with Crippen LogP contribution in [0.2, 0.25) is 0 Å². The number of carbonyl (C=O) groups is 2. The average molecular weight is 595 g/mol. The van der Waals surface area contributed by atoms with E-state index in [9.17, 15) is 14.4 Å². The number of hydrogen-bond acceptors (Lipinski definition) is 8. The van der Waals surface area contributed by atoms with Crippen molar-refractivity contribution < 1.29 is 14.3 Å². The van der Waals surface area contributed by atoms with Gasteiger partial charge in [0.05, 0.1) is 24.1 Å². The number of rotatable bonds is 10. The largest absolute Gasteiger partial charge is 0.459 e. The fraction of sp³-hybridized carbons (Fsp3) is 0.697. The molecule has 0 spiro atoms. The van der Waals surface area contributed by atoms with Gasteiger partial charge in [0.25, 0.3) is 5.56 Å². The molecule has 43 heavy (non-hydrogen) atoms. The summed E-state index contributed by atoms with van der Waals surface area (Å²) in [7, 11) is 0. The number of amides is 1. The number of para-hydroxylation sites is 2. The van der Waals surface area contributed by atoms with E-state index in [4.69, 9.17) is 15.5 Å². The van der Waals surface area contributed by atoms with Crippen LogP contribution in [0, 0.1) is 0 Å². The third-order valence-electron chi connectivity index (χ3n) is 9.29. The predicted octanol–water partition coefficient (Wildman–Crippen LogP) is 4.22. The van der Waals surface area contributed by atoms with Gasteiger partial charge >= 0.3 is 5.97 Å². The first-order valence-electron chi connectivity index (χ1n) is 16.3. The SMILES string of the molecule is CC(C)(C)OC(=O)CN(CCNc1nc2ccccc2n([C@H]2C[C@H]3CC[C@@H](C2)N3C2CCCCCCC2)c1=O)CC(N)=O. The van der Waals surface area contributed by atoms with Gasteiger partial charge in [0, 0.05) is 37.3 Å². The minimum atomic E-state index is -0.626. The summed E-state index contributed by atoms with van der Waals surface area (Å²) >= 11 is 0. The number of carbonyl (C=O) groups excluding carboxylic acids is 2. The van der Waals surface area contributed by atoms with E-state index in [-0.39, 0.29) is 24.7 Å². The van der Waals surface area contributed by atoms with E-state index < -0.39 is 17.5 Å². The highest BCUT2D eigenvalue weighted by atomic mass is 16.6. The van der Waals surface area contributed by atoms with Crippen molar-refractivity contribution in [3.63, 3.8) is 0 Å². The highest BCUT2D eigenvalue weighted by Gasteiger charge is 2.44. The van der Waals surface area contributed by atoms with Crippen LogP contribution in [0.3, 0.4) is 0 Å². The lowest BCUT2D eigenvalue weighted by atomic mass is 9.89. The van der Waals surface area contributed by atoms with Crippen molar-refractivity contribution in [2.24, 2.45) is 5.73 Å². The highest BCUT2D eigenvalue weighted by molar-refractivity contribution is 5.78. The first kappa shape index (κ1) is 31.4. The second-order valence-corrected chi connectivity index (χ2v) is 13.8. The normalized spacial score (nSPS) is 23.7. The number of nitrogens with two attached hydrogens (primary N) is 1. The van der Waals surface area contributed by atoms with Crippen molar-refractivity contribution in [1.29, 1.82) is 0 Å². The van der Waals surface area contributed by atoms with E-state index in [0.717, 1.165) is 23.9 Å². The molecule has 1 saturated carbocycles. The number of nitrogens with zero attached hydrogens (tertiary/aromatic N) is 4. The molecular weight excluding hydrogens is 544 g/mol. The molecule has 3 fully saturated rings. The van der Waals surface area contributed by atoms with E-state index in [1.165, 1.54) is 57.8 Å². The van der Waals surface area contributed by atoms with Crippen LogP contribution in [-0.4, -0.2) is 81.1 Å². The number of anilines is 1. The second-order valence-electron chi connectivity index (χ2n) is 13.8. The lowest BCUT2D eigenvalue weighted by molar-refractivity contribution is -0.156. The van der Waals surface area contributed by atoms with Crippen molar-refractivity contribution >= 4 is 28.7 Å². The number of nitrogens with one attached hydrogen (secondary N) is 1. The number of aromatic nitrogens is 2. The van der Waals surface area contributed by atoms with Crippen LogP contribution < -0.4 is 16.6 Å². The van der Waals surface area contributed by atoms with Gasteiger partial charge < -0.3 is 20.4 Å². The molecule has 1 amide bonds. The Hall–Kier alpha value is -2.98. The van der Waals surface area contributed by atoms with Gasteiger partial charge in [-0.05, 0) is 71.4 Å². The number of piperidine rings is 1. The quantitative estimate of drug-likeness (QED) is 0.392. The Morgan fingerprint density at radius 1 is 0.953 bits per heavy atom. The summed E-state index contributed by atoms with van der Waals surface area (Å²) in [5, 5.41) is 3.22. The molecule has 1 aromatic carbocycles. The van der Waals surface area contributed by atoms with Crippen LogP contribution in [0.5, 0.6) is 0 Å². The van der Waals surface area contributed by atoms with Gasteiger partial charge in [0.1, 0.15) is 5.60 Å². The van der Waals surface area contributed by atoms with Crippen LogP contribution >= 0.6 is 0 Å². The molecule has 5 rings (SSSR count). The maximum absolute atomic E-state index is 14.0. The number of ether oxygens (including phenoxy) is 1. The van der Waals surface area contributed by atoms with Crippen LogP contribution in [0.1, 0.15) is 97.4 Å². The lowest BCUT2D eigenvalue weighted by Gasteiger charge is -2.45. The molecule has 236 valence electrons. The third kappa shape index (κ3) is 7.95. The van der Waals surface area contributed by atoms with E-state index in [0.29, 0.717) is 37.0 Å². The number of benzene rings is 1. The molecule has 2 aromatic rings. The van der Waals surface area contributed by atoms with Gasteiger partial charge in [0.2, 0.25) is 5.91 Å². The average Bonchev–Trinajstić information content (AvgIpc) is 3.16. The van der Waals surface area contributed by atoms with Gasteiger partial charge in [0.15, 0.2) is 5.82 Å². The Kier molecular flexibility index (Phi) is 10.1. The smallest absolute Gasteiger partial charge is 0.320 e. The van der Waals surface area contributed by atoms with Gasteiger partial charge in [-0.3, -0.25) is 24.2 Å². The van der Waals surface area contributed by atoms with Gasteiger partial charge in [-0.25, -0.2) is 4.98 Å². The molecule has 10 heteroatoms. The molecule has 3 N–H and O–H groups in total. The summed E-state index contributed by atoms with van der Waals surface area (Å²) in [5.41, 5.74) is 6.36.